The second-order valence-electron chi connectivity index (χ2n) is 8.09. The van der Waals surface area contributed by atoms with E-state index in [0.717, 1.165) is 18.7 Å². The lowest BCUT2D eigenvalue weighted by atomic mass is 9.87. The Bertz CT molecular complexity index is 1030. The number of halogens is 1. The molecule has 9 heteroatoms. The molecule has 1 aliphatic heterocycles. The normalized spacial score (nSPS) is 31.4. The summed E-state index contributed by atoms with van der Waals surface area (Å²) >= 11 is 1.21. The number of rotatable bonds is 4. The van der Waals surface area contributed by atoms with Crippen LogP contribution in [0.2, 0.25) is 0 Å². The van der Waals surface area contributed by atoms with Crippen molar-refractivity contribution in [2.45, 2.75) is 38.1 Å². The van der Waals surface area contributed by atoms with E-state index in [1.165, 1.54) is 11.3 Å². The summed E-state index contributed by atoms with van der Waals surface area (Å²) in [7, 11) is 0. The molecule has 1 saturated carbocycles. The fraction of sp³-hybridized carbons (Fsp3) is 0.421. The molecule has 28 heavy (non-hydrogen) atoms. The molecule has 2 N–H and O–H groups in total. The SMILES string of the molecule is C[C@]12CN[C@](C)(C1)[C@@H](F)C2Oc1nnc(-c2ccc(-n3ccnc3)cc2O)s1. The van der Waals surface area contributed by atoms with Gasteiger partial charge in [0.15, 0.2) is 11.2 Å². The van der Waals surface area contributed by atoms with Crippen molar-refractivity contribution in [1.29, 1.82) is 0 Å². The van der Waals surface area contributed by atoms with Crippen molar-refractivity contribution in [3.05, 3.63) is 36.9 Å². The largest absolute Gasteiger partial charge is 0.507 e. The van der Waals surface area contributed by atoms with Crippen LogP contribution in [0.5, 0.6) is 10.9 Å². The van der Waals surface area contributed by atoms with Crippen molar-refractivity contribution in [3.8, 4) is 27.2 Å². The Balaban J connectivity index is 1.38. The first-order chi connectivity index (χ1) is 13.4. The second-order valence-corrected chi connectivity index (χ2v) is 9.03. The molecule has 1 saturated heterocycles. The number of alkyl halides is 1. The van der Waals surface area contributed by atoms with Gasteiger partial charge in [-0.25, -0.2) is 9.37 Å². The first-order valence-electron chi connectivity index (χ1n) is 9.09. The highest BCUT2D eigenvalue weighted by Crippen LogP contribution is 2.52. The lowest BCUT2D eigenvalue weighted by molar-refractivity contribution is 0.00955. The van der Waals surface area contributed by atoms with Gasteiger partial charge in [-0.1, -0.05) is 23.4 Å². The smallest absolute Gasteiger partial charge is 0.294 e. The van der Waals surface area contributed by atoms with Gasteiger partial charge >= 0.3 is 0 Å². The molecule has 4 atom stereocenters. The fourth-order valence-electron chi connectivity index (χ4n) is 4.40. The Morgan fingerprint density at radius 1 is 1.36 bits per heavy atom. The third-order valence-corrected chi connectivity index (χ3v) is 6.72. The zero-order valence-corrected chi connectivity index (χ0v) is 16.3. The van der Waals surface area contributed by atoms with Gasteiger partial charge in [0.05, 0.1) is 23.1 Å². The predicted molar refractivity (Wildman–Crippen MR) is 103 cm³/mol. The average Bonchev–Trinajstić information content (AvgIpc) is 3.42. The fourth-order valence-corrected chi connectivity index (χ4v) is 5.16. The Kier molecular flexibility index (Phi) is 3.76. The van der Waals surface area contributed by atoms with Crippen LogP contribution in [0.3, 0.4) is 0 Å². The average molecular weight is 401 g/mol. The number of aromatic nitrogens is 4. The number of fused-ring (bicyclic) bond motifs is 2. The third kappa shape index (κ3) is 2.61. The van der Waals surface area contributed by atoms with Crippen molar-refractivity contribution >= 4 is 11.3 Å². The zero-order chi connectivity index (χ0) is 19.5. The van der Waals surface area contributed by atoms with Gasteiger partial charge in [0, 0.05) is 30.4 Å². The van der Waals surface area contributed by atoms with Crippen LogP contribution >= 0.6 is 11.3 Å². The molecule has 0 spiro atoms. The van der Waals surface area contributed by atoms with E-state index in [9.17, 15) is 9.50 Å². The van der Waals surface area contributed by atoms with Crippen LogP contribution in [0.25, 0.3) is 16.3 Å². The zero-order valence-electron chi connectivity index (χ0n) is 15.5. The summed E-state index contributed by atoms with van der Waals surface area (Å²) < 4.78 is 22.6. The van der Waals surface area contributed by atoms with Gasteiger partial charge in [0.1, 0.15) is 11.9 Å². The number of hydrogen-bond acceptors (Lipinski definition) is 7. The van der Waals surface area contributed by atoms with Gasteiger partial charge < -0.3 is 19.7 Å². The van der Waals surface area contributed by atoms with Crippen LogP contribution in [0.15, 0.2) is 36.9 Å². The number of phenols is 1. The maximum Gasteiger partial charge on any atom is 0.294 e. The van der Waals surface area contributed by atoms with Crippen molar-refractivity contribution < 1.29 is 14.2 Å². The molecule has 2 aromatic heterocycles. The molecule has 1 aliphatic carbocycles. The van der Waals surface area contributed by atoms with Crippen LogP contribution < -0.4 is 10.1 Å². The lowest BCUT2D eigenvalue weighted by Crippen LogP contribution is -2.55. The standard InChI is InChI=1S/C19H20FN5O2S/c1-18-8-19(2,22-9-18)14(20)15(18)27-17-24-23-16(28-17)12-4-3-11(7-13(12)26)25-6-5-21-10-25/h3-7,10,14-15,22,26H,8-9H2,1-2H3/t14-,15?,18+,19+/m0/s1. The van der Waals surface area contributed by atoms with Gasteiger partial charge in [0.2, 0.25) is 0 Å². The van der Waals surface area contributed by atoms with E-state index in [0.29, 0.717) is 15.8 Å². The summed E-state index contributed by atoms with van der Waals surface area (Å²) in [6, 6.07) is 5.27. The van der Waals surface area contributed by atoms with Crippen LogP contribution in [-0.2, 0) is 0 Å². The van der Waals surface area contributed by atoms with E-state index in [-0.39, 0.29) is 11.2 Å². The Hall–Kier alpha value is -2.52. The molecule has 5 rings (SSSR count). The molecule has 0 radical (unpaired) electrons. The summed E-state index contributed by atoms with van der Waals surface area (Å²) in [4.78, 5) is 4.00. The van der Waals surface area contributed by atoms with Crippen molar-refractivity contribution in [2.75, 3.05) is 6.54 Å². The quantitative estimate of drug-likeness (QED) is 0.699. The van der Waals surface area contributed by atoms with E-state index in [2.05, 4.69) is 20.5 Å². The second kappa shape index (κ2) is 5.99. The van der Waals surface area contributed by atoms with E-state index < -0.39 is 17.8 Å². The van der Waals surface area contributed by atoms with E-state index in [1.54, 1.807) is 35.4 Å². The molecule has 1 aromatic carbocycles. The number of phenolic OH excluding ortho intramolecular Hbond substituents is 1. The molecular formula is C19H20FN5O2S. The minimum Gasteiger partial charge on any atom is -0.507 e. The molecular weight excluding hydrogens is 381 g/mol. The third-order valence-electron chi connectivity index (χ3n) is 5.88. The number of piperidine rings is 1. The highest BCUT2D eigenvalue weighted by molar-refractivity contribution is 7.16. The number of nitrogens with one attached hydrogen (secondary N) is 1. The van der Waals surface area contributed by atoms with Crippen LogP contribution in [0.4, 0.5) is 4.39 Å². The summed E-state index contributed by atoms with van der Waals surface area (Å²) in [5.41, 5.74) is 0.527. The van der Waals surface area contributed by atoms with Gasteiger partial charge in [-0.05, 0) is 25.5 Å². The summed E-state index contributed by atoms with van der Waals surface area (Å²) in [5.74, 6) is 0.0841. The molecule has 3 aromatic rings. The van der Waals surface area contributed by atoms with Crippen LogP contribution in [-0.4, -0.2) is 49.2 Å². The van der Waals surface area contributed by atoms with Gasteiger partial charge in [-0.3, -0.25) is 0 Å². The maximum atomic E-state index is 14.9. The molecule has 1 unspecified atom stereocenters. The highest BCUT2D eigenvalue weighted by Gasteiger charge is 2.64. The van der Waals surface area contributed by atoms with E-state index in [1.807, 2.05) is 19.9 Å². The number of benzene rings is 1. The number of aromatic hydroxyl groups is 1. The minimum atomic E-state index is -1.11. The van der Waals surface area contributed by atoms with Crippen molar-refractivity contribution in [3.63, 3.8) is 0 Å². The van der Waals surface area contributed by atoms with Crippen molar-refractivity contribution in [1.82, 2.24) is 25.1 Å². The van der Waals surface area contributed by atoms with Crippen molar-refractivity contribution in [2.24, 2.45) is 5.41 Å². The molecule has 2 aliphatic rings. The number of ether oxygens (including phenoxy) is 1. The number of hydrogen-bond donors (Lipinski definition) is 2. The minimum absolute atomic E-state index is 0.0841. The first-order valence-corrected chi connectivity index (χ1v) is 9.91. The number of imidazole rings is 1. The van der Waals surface area contributed by atoms with Gasteiger partial charge in [-0.2, -0.15) is 0 Å². The molecule has 3 heterocycles. The monoisotopic (exact) mass is 401 g/mol. The molecule has 146 valence electrons. The lowest BCUT2D eigenvalue weighted by Gasteiger charge is -2.35. The summed E-state index contributed by atoms with van der Waals surface area (Å²) in [6.45, 7) is 4.66. The summed E-state index contributed by atoms with van der Waals surface area (Å²) in [5, 5.41) is 22.8. The Morgan fingerprint density at radius 3 is 2.89 bits per heavy atom. The maximum absolute atomic E-state index is 14.9. The first kappa shape index (κ1) is 17.6. The van der Waals surface area contributed by atoms with Gasteiger partial charge in [0.25, 0.3) is 5.19 Å². The van der Waals surface area contributed by atoms with E-state index >= 15 is 0 Å². The summed E-state index contributed by atoms with van der Waals surface area (Å²) in [6.07, 6.45) is 4.18. The van der Waals surface area contributed by atoms with E-state index in [4.69, 9.17) is 4.74 Å². The van der Waals surface area contributed by atoms with Gasteiger partial charge in [-0.15, -0.1) is 5.10 Å². The molecule has 7 nitrogen and oxygen atoms in total. The van der Waals surface area contributed by atoms with Crippen LogP contribution in [0.1, 0.15) is 20.3 Å². The molecule has 0 amide bonds. The topological polar surface area (TPSA) is 85.1 Å². The highest BCUT2D eigenvalue weighted by atomic mass is 32.1. The number of nitrogens with zero attached hydrogens (tertiary/aromatic N) is 4. The predicted octanol–water partition coefficient (Wildman–Crippen LogP) is 2.95. The molecule has 2 fully saturated rings. The molecule has 2 bridgehead atoms. The Labute approximate surface area is 165 Å². The van der Waals surface area contributed by atoms with Crippen LogP contribution in [0, 0.1) is 5.41 Å². The Morgan fingerprint density at radius 2 is 2.21 bits per heavy atom.